The number of ketones is 1. The van der Waals surface area contributed by atoms with E-state index in [2.05, 4.69) is 24.8 Å². The van der Waals surface area contributed by atoms with Gasteiger partial charge in [-0.15, -0.1) is 0 Å². The minimum Gasteiger partial charge on any atom is -0.300 e. The second kappa shape index (κ2) is 5.27. The third-order valence-corrected chi connectivity index (χ3v) is 3.58. The van der Waals surface area contributed by atoms with Gasteiger partial charge in [0.1, 0.15) is 5.78 Å². The lowest BCUT2D eigenvalue weighted by molar-refractivity contribution is -0.123. The minimum atomic E-state index is 0.244. The molecule has 15 heavy (non-hydrogen) atoms. The SMILES string of the molecule is CC1CCC(=O)CC1N(C)C(C)CC#N. The van der Waals surface area contributed by atoms with Gasteiger partial charge in [-0.3, -0.25) is 9.69 Å². The molecule has 0 amide bonds. The summed E-state index contributed by atoms with van der Waals surface area (Å²) in [6.45, 7) is 4.25. The van der Waals surface area contributed by atoms with Crippen molar-refractivity contribution in [3.63, 3.8) is 0 Å². The lowest BCUT2D eigenvalue weighted by atomic mass is 9.83. The van der Waals surface area contributed by atoms with Crippen molar-refractivity contribution >= 4 is 5.78 Å². The number of nitriles is 1. The Hall–Kier alpha value is -0.880. The van der Waals surface area contributed by atoms with E-state index in [1.165, 1.54) is 0 Å². The summed E-state index contributed by atoms with van der Waals surface area (Å²) in [5, 5.41) is 8.66. The molecule has 0 aliphatic heterocycles. The fourth-order valence-corrected chi connectivity index (χ4v) is 2.27. The molecule has 0 saturated heterocycles. The molecule has 1 saturated carbocycles. The zero-order chi connectivity index (χ0) is 11.4. The fraction of sp³-hybridized carbons (Fsp3) is 0.833. The van der Waals surface area contributed by atoms with Crippen LogP contribution in [-0.4, -0.2) is 29.8 Å². The lowest BCUT2D eigenvalue weighted by Crippen LogP contribution is -2.45. The van der Waals surface area contributed by atoms with E-state index in [0.717, 1.165) is 12.8 Å². The van der Waals surface area contributed by atoms with Crippen LogP contribution >= 0.6 is 0 Å². The molecule has 0 bridgehead atoms. The molecule has 0 radical (unpaired) electrons. The number of Topliss-reactive ketones (excluding diaryl/α,β-unsaturated/α-hetero) is 1. The molecule has 1 aliphatic rings. The van der Waals surface area contributed by atoms with Crippen molar-refractivity contribution in [3.05, 3.63) is 0 Å². The van der Waals surface area contributed by atoms with Crippen LogP contribution in [0, 0.1) is 17.2 Å². The molecule has 0 aromatic rings. The molecule has 0 heterocycles. The summed E-state index contributed by atoms with van der Waals surface area (Å²) in [4.78, 5) is 13.6. The Balaban J connectivity index is 2.60. The Labute approximate surface area is 92.1 Å². The average Bonchev–Trinajstić information content (AvgIpc) is 2.21. The fourth-order valence-electron chi connectivity index (χ4n) is 2.27. The molecule has 3 unspecified atom stereocenters. The second-order valence-corrected chi connectivity index (χ2v) is 4.70. The molecule has 1 rings (SSSR count). The summed E-state index contributed by atoms with van der Waals surface area (Å²) in [5.74, 6) is 0.933. The van der Waals surface area contributed by atoms with Gasteiger partial charge in [-0.05, 0) is 26.3 Å². The van der Waals surface area contributed by atoms with Crippen LogP contribution in [0.4, 0.5) is 0 Å². The maximum atomic E-state index is 11.4. The van der Waals surface area contributed by atoms with Crippen molar-refractivity contribution in [1.82, 2.24) is 4.90 Å². The largest absolute Gasteiger partial charge is 0.300 e. The van der Waals surface area contributed by atoms with Crippen LogP contribution in [-0.2, 0) is 4.79 Å². The zero-order valence-corrected chi connectivity index (χ0v) is 9.86. The summed E-state index contributed by atoms with van der Waals surface area (Å²) in [7, 11) is 2.03. The monoisotopic (exact) mass is 208 g/mol. The van der Waals surface area contributed by atoms with Crippen molar-refractivity contribution in [1.29, 1.82) is 5.26 Å². The first-order valence-electron chi connectivity index (χ1n) is 5.66. The highest BCUT2D eigenvalue weighted by molar-refractivity contribution is 5.79. The topological polar surface area (TPSA) is 44.1 Å². The first kappa shape index (κ1) is 12.2. The predicted octanol–water partition coefficient (Wildman–Crippen LogP) is 1.98. The number of carbonyl (C=O) groups excluding carboxylic acids is 1. The van der Waals surface area contributed by atoms with Gasteiger partial charge in [0, 0.05) is 24.9 Å². The van der Waals surface area contributed by atoms with Gasteiger partial charge in [0.25, 0.3) is 0 Å². The van der Waals surface area contributed by atoms with Gasteiger partial charge in [0.05, 0.1) is 12.5 Å². The van der Waals surface area contributed by atoms with Crippen molar-refractivity contribution in [2.45, 2.75) is 51.6 Å². The molecule has 1 aliphatic carbocycles. The van der Waals surface area contributed by atoms with Crippen LogP contribution in [0.5, 0.6) is 0 Å². The Kier molecular flexibility index (Phi) is 4.28. The van der Waals surface area contributed by atoms with Gasteiger partial charge >= 0.3 is 0 Å². The van der Waals surface area contributed by atoms with Gasteiger partial charge in [0.2, 0.25) is 0 Å². The molecular weight excluding hydrogens is 188 g/mol. The lowest BCUT2D eigenvalue weighted by Gasteiger charge is -2.38. The maximum Gasteiger partial charge on any atom is 0.134 e. The van der Waals surface area contributed by atoms with Crippen molar-refractivity contribution in [2.75, 3.05) is 7.05 Å². The second-order valence-electron chi connectivity index (χ2n) is 4.70. The van der Waals surface area contributed by atoms with Crippen LogP contribution in [0.15, 0.2) is 0 Å². The van der Waals surface area contributed by atoms with Crippen LogP contribution in [0.2, 0.25) is 0 Å². The van der Waals surface area contributed by atoms with Crippen LogP contribution in [0.3, 0.4) is 0 Å². The van der Waals surface area contributed by atoms with Gasteiger partial charge in [-0.2, -0.15) is 5.26 Å². The molecule has 0 aromatic heterocycles. The molecule has 0 spiro atoms. The van der Waals surface area contributed by atoms with E-state index in [9.17, 15) is 4.79 Å². The Morgan fingerprint density at radius 1 is 1.67 bits per heavy atom. The number of hydrogen-bond donors (Lipinski definition) is 0. The number of rotatable bonds is 3. The molecule has 3 nitrogen and oxygen atoms in total. The summed E-state index contributed by atoms with van der Waals surface area (Å²) in [5.41, 5.74) is 0. The highest BCUT2D eigenvalue weighted by Crippen LogP contribution is 2.26. The summed E-state index contributed by atoms with van der Waals surface area (Å²) >= 11 is 0. The predicted molar refractivity (Wildman–Crippen MR) is 59.3 cm³/mol. The number of hydrogen-bond acceptors (Lipinski definition) is 3. The third-order valence-electron chi connectivity index (χ3n) is 3.58. The van der Waals surface area contributed by atoms with Gasteiger partial charge in [-0.1, -0.05) is 6.92 Å². The Morgan fingerprint density at radius 3 is 2.93 bits per heavy atom. The minimum absolute atomic E-state index is 0.244. The van der Waals surface area contributed by atoms with E-state index in [4.69, 9.17) is 5.26 Å². The van der Waals surface area contributed by atoms with E-state index < -0.39 is 0 Å². The smallest absolute Gasteiger partial charge is 0.134 e. The molecular formula is C12H20N2O. The van der Waals surface area contributed by atoms with Crippen molar-refractivity contribution < 1.29 is 4.79 Å². The van der Waals surface area contributed by atoms with Gasteiger partial charge in [0.15, 0.2) is 0 Å². The van der Waals surface area contributed by atoms with E-state index >= 15 is 0 Å². The van der Waals surface area contributed by atoms with Gasteiger partial charge in [-0.25, -0.2) is 0 Å². The molecule has 1 fully saturated rings. The molecule has 0 N–H and O–H groups in total. The molecule has 0 aromatic carbocycles. The van der Waals surface area contributed by atoms with E-state index in [-0.39, 0.29) is 6.04 Å². The summed E-state index contributed by atoms with van der Waals surface area (Å²) < 4.78 is 0. The van der Waals surface area contributed by atoms with E-state index in [0.29, 0.717) is 30.6 Å². The summed E-state index contributed by atoms with van der Waals surface area (Å²) in [6, 6.07) is 2.76. The highest BCUT2D eigenvalue weighted by atomic mass is 16.1. The van der Waals surface area contributed by atoms with Gasteiger partial charge < -0.3 is 0 Å². The summed E-state index contributed by atoms with van der Waals surface area (Å²) in [6.07, 6.45) is 2.92. The van der Waals surface area contributed by atoms with Crippen molar-refractivity contribution in [2.24, 2.45) is 5.92 Å². The van der Waals surface area contributed by atoms with Crippen LogP contribution in [0.25, 0.3) is 0 Å². The molecule has 3 heteroatoms. The van der Waals surface area contributed by atoms with Crippen LogP contribution < -0.4 is 0 Å². The normalized spacial score (nSPS) is 28.9. The van der Waals surface area contributed by atoms with Crippen LogP contribution in [0.1, 0.15) is 39.5 Å². The standard InChI is InChI=1S/C12H20N2O/c1-9-4-5-11(15)8-12(9)14(3)10(2)6-7-13/h9-10,12H,4-6,8H2,1-3H3. The highest BCUT2D eigenvalue weighted by Gasteiger charge is 2.30. The Morgan fingerprint density at radius 2 is 2.33 bits per heavy atom. The average molecular weight is 208 g/mol. The number of carbonyl (C=O) groups is 1. The number of nitrogens with zero attached hydrogens (tertiary/aromatic N) is 2. The third kappa shape index (κ3) is 3.04. The zero-order valence-electron chi connectivity index (χ0n) is 9.86. The van der Waals surface area contributed by atoms with Crippen molar-refractivity contribution in [3.8, 4) is 6.07 Å². The Bertz CT molecular complexity index is 269. The first-order chi connectivity index (χ1) is 7.06. The van der Waals surface area contributed by atoms with E-state index in [1.54, 1.807) is 0 Å². The maximum absolute atomic E-state index is 11.4. The quantitative estimate of drug-likeness (QED) is 0.712. The molecule has 84 valence electrons. The van der Waals surface area contributed by atoms with E-state index in [1.807, 2.05) is 7.05 Å². The first-order valence-corrected chi connectivity index (χ1v) is 5.66. The molecule has 3 atom stereocenters.